The number of halogens is 1. The van der Waals surface area contributed by atoms with E-state index in [2.05, 4.69) is 37.1 Å². The lowest BCUT2D eigenvalue weighted by Gasteiger charge is -2.33. The maximum absolute atomic E-state index is 12.8. The van der Waals surface area contributed by atoms with Gasteiger partial charge in [-0.15, -0.1) is 23.7 Å². The lowest BCUT2D eigenvalue weighted by atomic mass is 9.72. The van der Waals surface area contributed by atoms with Crippen molar-refractivity contribution in [3.8, 4) is 0 Å². The van der Waals surface area contributed by atoms with Crippen molar-refractivity contribution in [3.63, 3.8) is 0 Å². The number of carbonyl (C=O) groups excluding carboxylic acids is 1. The summed E-state index contributed by atoms with van der Waals surface area (Å²) in [6, 6.07) is 2.20. The number of fused-ring (bicyclic) bond motifs is 1. The minimum Gasteiger partial charge on any atom is -0.338 e. The summed E-state index contributed by atoms with van der Waals surface area (Å²) < 4.78 is 0. The van der Waals surface area contributed by atoms with E-state index in [1.165, 1.54) is 16.9 Å². The Labute approximate surface area is 156 Å². The van der Waals surface area contributed by atoms with Gasteiger partial charge in [-0.25, -0.2) is 0 Å². The molecular formula is C19H31ClN2OS. The molecule has 0 spiro atoms. The second kappa shape index (κ2) is 7.76. The van der Waals surface area contributed by atoms with Gasteiger partial charge in [0.15, 0.2) is 0 Å². The SMILES string of the molecule is CNCC1CCN(C(=O)c2cc3c(s2)CCC(C(C)(C)C)C3)C1.Cl. The molecule has 2 unspecified atom stereocenters. The van der Waals surface area contributed by atoms with E-state index in [1.54, 1.807) is 11.3 Å². The Hall–Kier alpha value is -0.580. The number of thiophene rings is 1. The first-order valence-corrected chi connectivity index (χ1v) is 9.75. The van der Waals surface area contributed by atoms with Gasteiger partial charge < -0.3 is 10.2 Å². The fourth-order valence-electron chi connectivity index (χ4n) is 4.00. The van der Waals surface area contributed by atoms with E-state index >= 15 is 0 Å². The van der Waals surface area contributed by atoms with Gasteiger partial charge in [0.25, 0.3) is 5.91 Å². The molecular weight excluding hydrogens is 340 g/mol. The lowest BCUT2D eigenvalue weighted by molar-refractivity contribution is 0.0792. The van der Waals surface area contributed by atoms with E-state index < -0.39 is 0 Å². The second-order valence-electron chi connectivity index (χ2n) is 8.33. The van der Waals surface area contributed by atoms with Crippen molar-refractivity contribution in [1.29, 1.82) is 0 Å². The molecule has 3 nitrogen and oxygen atoms in total. The van der Waals surface area contributed by atoms with Gasteiger partial charge in [0.1, 0.15) is 0 Å². The van der Waals surface area contributed by atoms with Crippen LogP contribution in [0.3, 0.4) is 0 Å². The Morgan fingerprint density at radius 2 is 2.12 bits per heavy atom. The zero-order chi connectivity index (χ0) is 16.6. The molecule has 1 aliphatic heterocycles. The van der Waals surface area contributed by atoms with Crippen LogP contribution in [0.5, 0.6) is 0 Å². The van der Waals surface area contributed by atoms with Crippen LogP contribution < -0.4 is 5.32 Å². The van der Waals surface area contributed by atoms with Gasteiger partial charge in [0.2, 0.25) is 0 Å². The van der Waals surface area contributed by atoms with E-state index in [-0.39, 0.29) is 18.3 Å². The number of amides is 1. The second-order valence-corrected chi connectivity index (χ2v) is 9.47. The molecule has 5 heteroatoms. The molecule has 0 radical (unpaired) electrons. The Balaban J connectivity index is 0.00000208. The molecule has 2 heterocycles. The predicted octanol–water partition coefficient (Wildman–Crippen LogP) is 4.00. The molecule has 1 aliphatic carbocycles. The highest BCUT2D eigenvalue weighted by molar-refractivity contribution is 7.14. The molecule has 3 rings (SSSR count). The minimum absolute atomic E-state index is 0. The first kappa shape index (κ1) is 19.7. The first-order chi connectivity index (χ1) is 10.9. The van der Waals surface area contributed by atoms with E-state index in [1.807, 2.05) is 7.05 Å². The topological polar surface area (TPSA) is 32.3 Å². The van der Waals surface area contributed by atoms with Crippen LogP contribution >= 0.6 is 23.7 Å². The average Bonchev–Trinajstić information content (AvgIpc) is 3.11. The van der Waals surface area contributed by atoms with Crippen LogP contribution in [0, 0.1) is 17.3 Å². The molecule has 1 amide bonds. The summed E-state index contributed by atoms with van der Waals surface area (Å²) in [6.07, 6.45) is 4.69. The number of hydrogen-bond donors (Lipinski definition) is 1. The maximum Gasteiger partial charge on any atom is 0.263 e. The molecule has 0 aromatic carbocycles. The van der Waals surface area contributed by atoms with Crippen LogP contribution in [0.2, 0.25) is 0 Å². The molecule has 1 N–H and O–H groups in total. The third-order valence-electron chi connectivity index (χ3n) is 5.58. The zero-order valence-corrected chi connectivity index (χ0v) is 17.0. The number of carbonyl (C=O) groups is 1. The molecule has 2 atom stereocenters. The molecule has 24 heavy (non-hydrogen) atoms. The summed E-state index contributed by atoms with van der Waals surface area (Å²) in [6.45, 7) is 9.86. The summed E-state index contributed by atoms with van der Waals surface area (Å²) in [5.74, 6) is 1.61. The molecule has 2 aliphatic rings. The van der Waals surface area contributed by atoms with Crippen LogP contribution in [-0.4, -0.2) is 37.5 Å². The lowest BCUT2D eigenvalue weighted by Crippen LogP contribution is -2.29. The Bertz CT molecular complexity index is 578. The summed E-state index contributed by atoms with van der Waals surface area (Å²) in [4.78, 5) is 17.3. The molecule has 1 aromatic heterocycles. The van der Waals surface area contributed by atoms with Crippen molar-refractivity contribution in [2.45, 2.75) is 46.5 Å². The average molecular weight is 371 g/mol. The smallest absolute Gasteiger partial charge is 0.263 e. The van der Waals surface area contributed by atoms with Crippen molar-refractivity contribution in [2.75, 3.05) is 26.7 Å². The Morgan fingerprint density at radius 1 is 1.38 bits per heavy atom. The fraction of sp³-hybridized carbons (Fsp3) is 0.737. The van der Waals surface area contributed by atoms with Crippen molar-refractivity contribution < 1.29 is 4.79 Å². The molecule has 136 valence electrons. The third-order valence-corrected chi connectivity index (χ3v) is 6.81. The van der Waals surface area contributed by atoms with Crippen LogP contribution in [0.25, 0.3) is 0 Å². The van der Waals surface area contributed by atoms with E-state index in [0.29, 0.717) is 11.3 Å². The maximum atomic E-state index is 12.8. The summed E-state index contributed by atoms with van der Waals surface area (Å²) in [5, 5.41) is 3.23. The van der Waals surface area contributed by atoms with Crippen molar-refractivity contribution in [2.24, 2.45) is 17.3 Å². The number of aryl methyl sites for hydroxylation is 1. The van der Waals surface area contributed by atoms with Crippen LogP contribution in [0.1, 0.15) is 53.7 Å². The van der Waals surface area contributed by atoms with Crippen LogP contribution in [-0.2, 0) is 12.8 Å². The molecule has 1 fully saturated rings. The predicted molar refractivity (Wildman–Crippen MR) is 104 cm³/mol. The van der Waals surface area contributed by atoms with E-state index in [4.69, 9.17) is 0 Å². The van der Waals surface area contributed by atoms with Crippen LogP contribution in [0.15, 0.2) is 6.07 Å². The summed E-state index contributed by atoms with van der Waals surface area (Å²) in [5.41, 5.74) is 1.80. The Kier molecular flexibility index (Phi) is 6.38. The highest BCUT2D eigenvalue weighted by Gasteiger charge is 2.32. The van der Waals surface area contributed by atoms with Gasteiger partial charge in [-0.2, -0.15) is 0 Å². The van der Waals surface area contributed by atoms with Crippen LogP contribution in [0.4, 0.5) is 0 Å². The van der Waals surface area contributed by atoms with Crippen molar-refractivity contribution in [1.82, 2.24) is 10.2 Å². The first-order valence-electron chi connectivity index (χ1n) is 8.94. The summed E-state index contributed by atoms with van der Waals surface area (Å²) >= 11 is 1.75. The standard InChI is InChI=1S/C19H30N2OS.ClH/c1-19(2,3)15-5-6-16-14(9-15)10-17(23-16)18(22)21-8-7-13(12-21)11-20-4;/h10,13,15,20H,5-9,11-12H2,1-4H3;1H. The molecule has 0 saturated carbocycles. The van der Waals surface area contributed by atoms with Gasteiger partial charge in [0.05, 0.1) is 4.88 Å². The number of nitrogens with one attached hydrogen (secondary N) is 1. The number of likely N-dealkylation sites (tertiary alicyclic amines) is 1. The summed E-state index contributed by atoms with van der Waals surface area (Å²) in [7, 11) is 1.99. The Morgan fingerprint density at radius 3 is 2.79 bits per heavy atom. The van der Waals surface area contributed by atoms with Gasteiger partial charge >= 0.3 is 0 Å². The highest BCUT2D eigenvalue weighted by Crippen LogP contribution is 2.40. The van der Waals surface area contributed by atoms with Crippen molar-refractivity contribution >= 4 is 29.7 Å². The number of nitrogens with zero attached hydrogens (tertiary/aromatic N) is 1. The third kappa shape index (κ3) is 4.14. The van der Waals surface area contributed by atoms with Crippen molar-refractivity contribution in [3.05, 3.63) is 21.4 Å². The minimum atomic E-state index is 0. The quantitative estimate of drug-likeness (QED) is 0.872. The van der Waals surface area contributed by atoms with Gasteiger partial charge in [-0.3, -0.25) is 4.79 Å². The number of rotatable bonds is 3. The molecule has 1 aromatic rings. The highest BCUT2D eigenvalue weighted by atomic mass is 35.5. The van der Waals surface area contributed by atoms with E-state index in [0.717, 1.165) is 49.7 Å². The van der Waals surface area contributed by atoms with E-state index in [9.17, 15) is 4.79 Å². The van der Waals surface area contributed by atoms with Gasteiger partial charge in [-0.05, 0) is 68.2 Å². The zero-order valence-electron chi connectivity index (χ0n) is 15.4. The fourth-order valence-corrected chi connectivity index (χ4v) is 5.17. The van der Waals surface area contributed by atoms with Gasteiger partial charge in [0, 0.05) is 18.0 Å². The molecule has 0 bridgehead atoms. The molecule has 1 saturated heterocycles. The normalized spacial score (nSPS) is 23.8. The monoisotopic (exact) mass is 370 g/mol. The van der Waals surface area contributed by atoms with Gasteiger partial charge in [-0.1, -0.05) is 20.8 Å². The number of hydrogen-bond acceptors (Lipinski definition) is 3. The largest absolute Gasteiger partial charge is 0.338 e.